The molecule has 0 saturated carbocycles. The maximum absolute atomic E-state index is 12.7. The van der Waals surface area contributed by atoms with E-state index < -0.39 is 11.6 Å². The van der Waals surface area contributed by atoms with Crippen molar-refractivity contribution >= 4 is 0 Å². The third kappa shape index (κ3) is 3.04. The van der Waals surface area contributed by atoms with Crippen LogP contribution >= 0.6 is 0 Å². The summed E-state index contributed by atoms with van der Waals surface area (Å²) in [5.74, 6) is -1.20. The van der Waals surface area contributed by atoms with E-state index in [4.69, 9.17) is 0 Å². The average molecular weight is 203 g/mol. The molecule has 0 heterocycles. The first-order valence-corrected chi connectivity index (χ1v) is 3.60. The molecule has 0 unspecified atom stereocenters. The number of rotatable bonds is 2. The third-order valence-corrected chi connectivity index (χ3v) is 1.46. The molecule has 0 radical (unpaired) electrons. The standard InChI is InChI=1S/C9H9F2.Ti/c1-2-3-7-4-5-8(10)6-9(7)11;/h4-5H,2-3H2,1H3;/q-1;. The van der Waals surface area contributed by atoms with Crippen LogP contribution in [0.5, 0.6) is 0 Å². The van der Waals surface area contributed by atoms with Crippen molar-refractivity contribution in [2.24, 2.45) is 0 Å². The van der Waals surface area contributed by atoms with Gasteiger partial charge < -0.3 is 0 Å². The third-order valence-electron chi connectivity index (χ3n) is 1.46. The van der Waals surface area contributed by atoms with Crippen molar-refractivity contribution in [2.75, 3.05) is 0 Å². The van der Waals surface area contributed by atoms with Gasteiger partial charge in [0.15, 0.2) is 0 Å². The zero-order valence-corrected chi connectivity index (χ0v) is 8.39. The summed E-state index contributed by atoms with van der Waals surface area (Å²) in [6, 6.07) is 4.68. The average Bonchev–Trinajstić information content (AvgIpc) is 1.95. The van der Waals surface area contributed by atoms with Gasteiger partial charge in [0.1, 0.15) is 0 Å². The molecule has 0 fully saturated rings. The van der Waals surface area contributed by atoms with Crippen molar-refractivity contribution < 1.29 is 30.5 Å². The monoisotopic (exact) mass is 203 g/mol. The van der Waals surface area contributed by atoms with Crippen molar-refractivity contribution in [3.63, 3.8) is 0 Å². The summed E-state index contributed by atoms with van der Waals surface area (Å²) >= 11 is 0. The summed E-state index contributed by atoms with van der Waals surface area (Å²) < 4.78 is 25.0. The second kappa shape index (κ2) is 5.44. The van der Waals surface area contributed by atoms with E-state index in [9.17, 15) is 8.78 Å². The Morgan fingerprint density at radius 3 is 2.50 bits per heavy atom. The van der Waals surface area contributed by atoms with Crippen LogP contribution in [0, 0.1) is 17.7 Å². The Morgan fingerprint density at radius 1 is 1.33 bits per heavy atom. The minimum atomic E-state index is -0.637. The molecule has 0 spiro atoms. The van der Waals surface area contributed by atoms with E-state index in [0.29, 0.717) is 12.0 Å². The quantitative estimate of drug-likeness (QED) is 0.512. The molecular weight excluding hydrogens is 194 g/mol. The summed E-state index contributed by atoms with van der Waals surface area (Å²) in [5.41, 5.74) is 0.536. The number of benzene rings is 1. The van der Waals surface area contributed by atoms with Gasteiger partial charge in [0.05, 0.1) is 0 Å². The number of halogens is 2. The van der Waals surface area contributed by atoms with Gasteiger partial charge >= 0.3 is 0 Å². The Morgan fingerprint density at radius 2 is 2.00 bits per heavy atom. The molecule has 1 aromatic carbocycles. The second-order valence-electron chi connectivity index (χ2n) is 2.40. The molecule has 0 bridgehead atoms. The maximum atomic E-state index is 12.7. The minimum absolute atomic E-state index is 0. The van der Waals surface area contributed by atoms with Crippen LogP contribution in [-0.4, -0.2) is 0 Å². The van der Waals surface area contributed by atoms with Crippen LogP contribution in [0.2, 0.25) is 0 Å². The fourth-order valence-corrected chi connectivity index (χ4v) is 0.936. The van der Waals surface area contributed by atoms with Gasteiger partial charge in [-0.05, 0) is 0 Å². The van der Waals surface area contributed by atoms with E-state index >= 15 is 0 Å². The summed E-state index contributed by atoms with van der Waals surface area (Å²) in [5, 5.41) is 0. The van der Waals surface area contributed by atoms with Gasteiger partial charge in [-0.3, -0.25) is 0 Å². The molecule has 0 aliphatic carbocycles. The fourth-order valence-electron chi connectivity index (χ4n) is 0.936. The fraction of sp³-hybridized carbons (Fsp3) is 0.333. The predicted octanol–water partition coefficient (Wildman–Crippen LogP) is 2.71. The molecule has 64 valence electrons. The minimum Gasteiger partial charge on any atom is -0.236 e. The molecule has 0 aliphatic rings. The summed E-state index contributed by atoms with van der Waals surface area (Å²) in [6.45, 7) is 1.95. The van der Waals surface area contributed by atoms with Crippen molar-refractivity contribution in [1.29, 1.82) is 0 Å². The van der Waals surface area contributed by atoms with Gasteiger partial charge in [-0.2, -0.15) is 6.07 Å². The zero-order valence-electron chi connectivity index (χ0n) is 6.82. The van der Waals surface area contributed by atoms with Gasteiger partial charge in [-0.15, -0.1) is 17.7 Å². The molecule has 0 nitrogen and oxygen atoms in total. The number of aryl methyl sites for hydroxylation is 1. The molecule has 0 amide bonds. The molecule has 3 heteroatoms. The van der Waals surface area contributed by atoms with Gasteiger partial charge in [0, 0.05) is 33.4 Å². The first-order valence-electron chi connectivity index (χ1n) is 3.60. The van der Waals surface area contributed by atoms with E-state index in [2.05, 4.69) is 0 Å². The molecule has 1 aromatic rings. The van der Waals surface area contributed by atoms with E-state index in [0.717, 1.165) is 6.42 Å². The summed E-state index contributed by atoms with van der Waals surface area (Å²) in [4.78, 5) is 0. The summed E-state index contributed by atoms with van der Waals surface area (Å²) in [7, 11) is 0. The molecule has 0 saturated heterocycles. The Bertz CT molecular complexity index is 248. The Hall–Kier alpha value is -0.206. The van der Waals surface area contributed by atoms with Crippen LogP contribution < -0.4 is 0 Å². The Labute approximate surface area is 85.9 Å². The normalized spacial score (nSPS) is 9.25. The Kier molecular flexibility index (Phi) is 5.35. The van der Waals surface area contributed by atoms with Crippen molar-refractivity contribution in [3.8, 4) is 0 Å². The smallest absolute Gasteiger partial charge is 0.0168 e. The van der Waals surface area contributed by atoms with Crippen LogP contribution in [0.1, 0.15) is 18.9 Å². The second-order valence-corrected chi connectivity index (χ2v) is 2.40. The van der Waals surface area contributed by atoms with E-state index in [-0.39, 0.29) is 21.7 Å². The van der Waals surface area contributed by atoms with E-state index in [1.54, 1.807) is 0 Å². The Balaban J connectivity index is 0.00000121. The largest absolute Gasteiger partial charge is 0.236 e. The maximum Gasteiger partial charge on any atom is 0.0168 e. The van der Waals surface area contributed by atoms with E-state index in [1.165, 1.54) is 12.1 Å². The number of hydrogen-bond donors (Lipinski definition) is 0. The van der Waals surface area contributed by atoms with Gasteiger partial charge in [-0.1, -0.05) is 19.8 Å². The van der Waals surface area contributed by atoms with Crippen LogP contribution in [0.15, 0.2) is 12.1 Å². The molecule has 0 atom stereocenters. The first kappa shape index (κ1) is 11.8. The van der Waals surface area contributed by atoms with Gasteiger partial charge in [0.2, 0.25) is 0 Å². The van der Waals surface area contributed by atoms with Crippen LogP contribution in [0.25, 0.3) is 0 Å². The van der Waals surface area contributed by atoms with Gasteiger partial charge in [-0.25, -0.2) is 8.78 Å². The van der Waals surface area contributed by atoms with E-state index in [1.807, 2.05) is 13.0 Å². The first-order chi connectivity index (χ1) is 5.24. The van der Waals surface area contributed by atoms with Crippen molar-refractivity contribution in [3.05, 3.63) is 35.4 Å². The predicted molar refractivity (Wildman–Crippen MR) is 39.2 cm³/mol. The molecule has 0 aliphatic heterocycles. The molecular formula is C9H9F2Ti-. The van der Waals surface area contributed by atoms with Crippen LogP contribution in [-0.2, 0) is 28.1 Å². The zero-order chi connectivity index (χ0) is 8.27. The summed E-state index contributed by atoms with van der Waals surface area (Å²) in [6.07, 6.45) is 1.50. The van der Waals surface area contributed by atoms with Crippen molar-refractivity contribution in [2.45, 2.75) is 19.8 Å². The molecule has 1 rings (SSSR count). The molecule has 12 heavy (non-hydrogen) atoms. The SMILES string of the molecule is CCCc1ccc(F)[c-]c1F.[Ti]. The topological polar surface area (TPSA) is 0 Å². The van der Waals surface area contributed by atoms with Crippen LogP contribution in [0.3, 0.4) is 0 Å². The molecule has 0 N–H and O–H groups in total. The molecule has 0 aromatic heterocycles. The van der Waals surface area contributed by atoms with Crippen molar-refractivity contribution in [1.82, 2.24) is 0 Å². The van der Waals surface area contributed by atoms with Gasteiger partial charge in [0.25, 0.3) is 0 Å². The van der Waals surface area contributed by atoms with Crippen LogP contribution in [0.4, 0.5) is 8.78 Å². The number of hydrogen-bond acceptors (Lipinski definition) is 0.